The van der Waals surface area contributed by atoms with E-state index >= 15 is 0 Å². The average Bonchev–Trinajstić information content (AvgIpc) is 2.71. The fraction of sp³-hybridized carbons (Fsp3) is 0.542. The van der Waals surface area contributed by atoms with Gasteiger partial charge in [-0.05, 0) is 63.3 Å². The molecule has 0 aliphatic heterocycles. The van der Waals surface area contributed by atoms with Crippen LogP contribution >= 0.6 is 0 Å². The maximum absolute atomic E-state index is 13.3. The summed E-state index contributed by atoms with van der Waals surface area (Å²) >= 11 is 0. The molecular weight excluding hydrogens is 467 g/mol. The summed E-state index contributed by atoms with van der Waals surface area (Å²) in [5, 5.41) is 18.7. The van der Waals surface area contributed by atoms with Gasteiger partial charge >= 0.3 is 12.4 Å². The third kappa shape index (κ3) is 13.4. The van der Waals surface area contributed by atoms with E-state index in [9.17, 15) is 35.8 Å². The van der Waals surface area contributed by atoms with Crippen molar-refractivity contribution in [1.29, 1.82) is 0 Å². The number of allylic oxidation sites excluding steroid dienone is 3. The SMILES string of the molecule is C/C(=C(F)\C=C(/C)C(O)C(C)(C)C)C(F)(F)F.CC#CC.CC(O)c1ccc(C(F)(F)F)nc1. The zero-order chi connectivity index (χ0) is 27.5. The van der Waals surface area contributed by atoms with Crippen molar-refractivity contribution < 1.29 is 40.9 Å². The Hall–Kier alpha value is -2.38. The van der Waals surface area contributed by atoms with Crippen LogP contribution in [0.1, 0.15) is 72.8 Å². The predicted molar refractivity (Wildman–Crippen MR) is 118 cm³/mol. The highest BCUT2D eigenvalue weighted by Gasteiger charge is 2.33. The third-order valence-corrected chi connectivity index (χ3v) is 4.20. The van der Waals surface area contributed by atoms with Crippen molar-refractivity contribution >= 4 is 0 Å². The van der Waals surface area contributed by atoms with Crippen molar-refractivity contribution in [2.24, 2.45) is 5.41 Å². The van der Waals surface area contributed by atoms with Gasteiger partial charge in [-0.15, -0.1) is 11.8 Å². The first kappa shape index (κ1) is 33.8. The van der Waals surface area contributed by atoms with Crippen LogP contribution in [-0.4, -0.2) is 27.5 Å². The first-order valence-electron chi connectivity index (χ1n) is 10.0. The summed E-state index contributed by atoms with van der Waals surface area (Å²) in [7, 11) is 0. The van der Waals surface area contributed by atoms with Gasteiger partial charge in [-0.3, -0.25) is 4.98 Å². The number of hydrogen-bond acceptors (Lipinski definition) is 3. The Kier molecular flexibility index (Phi) is 14.0. The number of alkyl halides is 6. The minimum absolute atomic E-state index is 0.165. The molecule has 1 aromatic heterocycles. The molecule has 0 radical (unpaired) electrons. The van der Waals surface area contributed by atoms with Crippen molar-refractivity contribution in [3.05, 3.63) is 52.6 Å². The van der Waals surface area contributed by atoms with E-state index in [0.717, 1.165) is 18.3 Å². The zero-order valence-corrected chi connectivity index (χ0v) is 20.5. The molecule has 0 spiro atoms. The van der Waals surface area contributed by atoms with Crippen molar-refractivity contribution in [2.75, 3.05) is 0 Å². The molecule has 0 amide bonds. The topological polar surface area (TPSA) is 53.4 Å². The number of pyridine rings is 1. The largest absolute Gasteiger partial charge is 0.433 e. The molecule has 34 heavy (non-hydrogen) atoms. The van der Waals surface area contributed by atoms with Crippen molar-refractivity contribution in [2.45, 2.75) is 80.0 Å². The lowest BCUT2D eigenvalue weighted by atomic mass is 9.85. The highest BCUT2D eigenvalue weighted by Crippen LogP contribution is 2.31. The maximum atomic E-state index is 13.3. The molecule has 10 heteroatoms. The number of hydrogen-bond donors (Lipinski definition) is 2. The molecule has 2 N–H and O–H groups in total. The second-order valence-corrected chi connectivity index (χ2v) is 8.28. The van der Waals surface area contributed by atoms with Gasteiger partial charge in [0.2, 0.25) is 0 Å². The zero-order valence-electron chi connectivity index (χ0n) is 20.5. The van der Waals surface area contributed by atoms with E-state index in [1.165, 1.54) is 19.9 Å². The Balaban J connectivity index is 0. The second-order valence-electron chi connectivity index (χ2n) is 8.28. The Morgan fingerprint density at radius 3 is 1.71 bits per heavy atom. The number of nitrogens with zero attached hydrogens (tertiary/aromatic N) is 1. The molecule has 1 aromatic rings. The van der Waals surface area contributed by atoms with Crippen LogP contribution in [0.2, 0.25) is 0 Å². The lowest BCUT2D eigenvalue weighted by Gasteiger charge is -2.26. The van der Waals surface area contributed by atoms with Crippen molar-refractivity contribution in [3.8, 4) is 11.8 Å². The lowest BCUT2D eigenvalue weighted by Crippen LogP contribution is -2.27. The van der Waals surface area contributed by atoms with Gasteiger partial charge < -0.3 is 10.2 Å². The summed E-state index contributed by atoms with van der Waals surface area (Å²) in [6.07, 6.45) is -9.14. The van der Waals surface area contributed by atoms with Crippen LogP contribution < -0.4 is 0 Å². The normalized spacial score (nSPS) is 14.8. The van der Waals surface area contributed by atoms with Gasteiger partial charge in [-0.2, -0.15) is 26.3 Å². The highest BCUT2D eigenvalue weighted by molar-refractivity contribution is 5.26. The van der Waals surface area contributed by atoms with Crippen LogP contribution in [0.5, 0.6) is 0 Å². The van der Waals surface area contributed by atoms with Gasteiger partial charge in [0, 0.05) is 6.20 Å². The molecule has 0 aliphatic rings. The molecule has 3 nitrogen and oxygen atoms in total. The molecule has 194 valence electrons. The van der Waals surface area contributed by atoms with Crippen molar-refractivity contribution in [3.63, 3.8) is 0 Å². The number of halogens is 7. The first-order chi connectivity index (χ1) is 15.2. The number of rotatable bonds is 3. The number of aromatic nitrogens is 1. The molecule has 2 atom stereocenters. The van der Waals surface area contributed by atoms with Crippen LogP contribution in [0.25, 0.3) is 0 Å². The summed E-state index contributed by atoms with van der Waals surface area (Å²) < 4.78 is 85.8. The Morgan fingerprint density at radius 2 is 1.44 bits per heavy atom. The van der Waals surface area contributed by atoms with Gasteiger partial charge in [0.15, 0.2) is 0 Å². The molecule has 0 fully saturated rings. The van der Waals surface area contributed by atoms with Crippen LogP contribution in [0, 0.1) is 17.3 Å². The predicted octanol–water partition coefficient (Wildman–Crippen LogP) is 7.33. The Morgan fingerprint density at radius 1 is 0.971 bits per heavy atom. The fourth-order valence-corrected chi connectivity index (χ4v) is 2.03. The molecule has 2 unspecified atom stereocenters. The van der Waals surface area contributed by atoms with Crippen LogP contribution in [0.4, 0.5) is 30.7 Å². The second kappa shape index (κ2) is 14.1. The van der Waals surface area contributed by atoms with E-state index in [0.29, 0.717) is 12.5 Å². The van der Waals surface area contributed by atoms with E-state index in [1.54, 1.807) is 20.8 Å². The molecular formula is C24H32F7NO2. The fourth-order valence-electron chi connectivity index (χ4n) is 2.03. The Bertz CT molecular complexity index is 858. The van der Waals surface area contributed by atoms with Gasteiger partial charge in [-0.25, -0.2) is 4.39 Å². The van der Waals surface area contributed by atoms with Gasteiger partial charge in [0.1, 0.15) is 11.5 Å². The minimum atomic E-state index is -4.69. The Labute approximate surface area is 196 Å². The lowest BCUT2D eigenvalue weighted by molar-refractivity contribution is -0.141. The van der Waals surface area contributed by atoms with E-state index in [4.69, 9.17) is 5.11 Å². The van der Waals surface area contributed by atoms with E-state index < -0.39 is 47.1 Å². The molecule has 1 heterocycles. The quantitative estimate of drug-likeness (QED) is 0.260. The standard InChI is InChI=1S/C12H18F4O.C8H8F3NO.C4H6/c1-7(10(17)11(3,4)5)6-9(13)8(2)12(14,15)16;1-5(13)6-2-3-7(12-4-6)8(9,10)11;1-3-4-2/h6,10,17H,1-5H3;2-5,13H,1H3;1-2H3/b7-6+,9-8-;;. The summed E-state index contributed by atoms with van der Waals surface area (Å²) in [6.45, 7) is 12.3. The summed E-state index contributed by atoms with van der Waals surface area (Å²) in [6, 6.07) is 2.06. The summed E-state index contributed by atoms with van der Waals surface area (Å²) in [5.74, 6) is 4.00. The van der Waals surface area contributed by atoms with E-state index in [1.807, 2.05) is 13.8 Å². The van der Waals surface area contributed by atoms with Crippen LogP contribution in [0.15, 0.2) is 41.4 Å². The monoisotopic (exact) mass is 499 g/mol. The van der Waals surface area contributed by atoms with E-state index in [-0.39, 0.29) is 5.57 Å². The van der Waals surface area contributed by atoms with Crippen molar-refractivity contribution in [1.82, 2.24) is 4.98 Å². The number of aliphatic hydroxyl groups is 2. The molecule has 0 bridgehead atoms. The maximum Gasteiger partial charge on any atom is 0.433 e. The third-order valence-electron chi connectivity index (χ3n) is 4.20. The smallest absolute Gasteiger partial charge is 0.389 e. The molecule has 0 aliphatic carbocycles. The number of aliphatic hydroxyl groups excluding tert-OH is 2. The molecule has 1 rings (SSSR count). The van der Waals surface area contributed by atoms with Gasteiger partial charge in [0.25, 0.3) is 0 Å². The van der Waals surface area contributed by atoms with Gasteiger partial charge in [0.05, 0.1) is 17.8 Å². The van der Waals surface area contributed by atoms with Crippen LogP contribution in [-0.2, 0) is 6.18 Å². The van der Waals surface area contributed by atoms with E-state index in [2.05, 4.69) is 16.8 Å². The average molecular weight is 500 g/mol. The molecule has 0 aromatic carbocycles. The summed E-state index contributed by atoms with van der Waals surface area (Å²) in [5.41, 5.74) is -2.26. The minimum Gasteiger partial charge on any atom is -0.389 e. The van der Waals surface area contributed by atoms with Gasteiger partial charge in [-0.1, -0.05) is 26.8 Å². The molecule has 0 saturated carbocycles. The molecule has 0 saturated heterocycles. The van der Waals surface area contributed by atoms with Crippen LogP contribution in [0.3, 0.4) is 0 Å². The highest BCUT2D eigenvalue weighted by atomic mass is 19.4. The first-order valence-corrected chi connectivity index (χ1v) is 10.0. The summed E-state index contributed by atoms with van der Waals surface area (Å²) in [4.78, 5) is 3.19.